The van der Waals surface area contributed by atoms with Gasteiger partial charge in [-0.3, -0.25) is 4.79 Å². The van der Waals surface area contributed by atoms with Crippen molar-refractivity contribution in [1.29, 1.82) is 0 Å². The number of pyridine rings is 1. The first-order chi connectivity index (χ1) is 10.6. The molecule has 116 valence electrons. The molecule has 5 nitrogen and oxygen atoms in total. The minimum absolute atomic E-state index is 0.0441. The summed E-state index contributed by atoms with van der Waals surface area (Å²) in [7, 11) is 0. The van der Waals surface area contributed by atoms with E-state index in [4.69, 9.17) is 0 Å². The first-order valence-electron chi connectivity index (χ1n) is 7.78. The zero-order chi connectivity index (χ0) is 15.6. The van der Waals surface area contributed by atoms with E-state index < -0.39 is 0 Å². The molecule has 2 heterocycles. The molecule has 0 bridgehead atoms. The van der Waals surface area contributed by atoms with E-state index in [1.54, 1.807) is 18.6 Å². The summed E-state index contributed by atoms with van der Waals surface area (Å²) in [4.78, 5) is 22.3. The molecular weight excluding hydrogens is 276 g/mol. The van der Waals surface area contributed by atoms with Crippen LogP contribution in [0.5, 0.6) is 0 Å². The van der Waals surface area contributed by atoms with Crippen LogP contribution in [0.2, 0.25) is 0 Å². The number of nitrogens with zero attached hydrogens (tertiary/aromatic N) is 2. The maximum Gasteiger partial charge on any atom is 0.247 e. The van der Waals surface area contributed by atoms with E-state index in [-0.39, 0.29) is 17.0 Å². The summed E-state index contributed by atoms with van der Waals surface area (Å²) in [6, 6.07) is 6.20. The van der Waals surface area contributed by atoms with Crippen LogP contribution in [0.15, 0.2) is 41.7 Å². The van der Waals surface area contributed by atoms with E-state index in [0.29, 0.717) is 6.04 Å². The molecular formula is C17H22N4O. The SMILES string of the molecule is CC(NC1CCC(C)(c2ccc(=O)[nH]c2)C1)c1ccncn1. The van der Waals surface area contributed by atoms with E-state index in [9.17, 15) is 4.79 Å². The summed E-state index contributed by atoms with van der Waals surface area (Å²) < 4.78 is 0. The van der Waals surface area contributed by atoms with Gasteiger partial charge in [-0.25, -0.2) is 9.97 Å². The number of H-pyrrole nitrogens is 1. The molecule has 1 aliphatic rings. The summed E-state index contributed by atoms with van der Waals surface area (Å²) in [5.74, 6) is 0. The molecule has 0 amide bonds. The fourth-order valence-corrected chi connectivity index (χ4v) is 3.43. The third-order valence-corrected chi connectivity index (χ3v) is 4.76. The van der Waals surface area contributed by atoms with Crippen LogP contribution < -0.4 is 10.9 Å². The summed E-state index contributed by atoms with van der Waals surface area (Å²) in [5.41, 5.74) is 2.31. The molecule has 3 rings (SSSR count). The lowest BCUT2D eigenvalue weighted by molar-refractivity contribution is 0.419. The highest BCUT2D eigenvalue weighted by atomic mass is 16.1. The van der Waals surface area contributed by atoms with Gasteiger partial charge < -0.3 is 10.3 Å². The number of hydrogen-bond acceptors (Lipinski definition) is 4. The van der Waals surface area contributed by atoms with Gasteiger partial charge in [0.25, 0.3) is 0 Å². The van der Waals surface area contributed by atoms with Gasteiger partial charge in [0.1, 0.15) is 6.33 Å². The zero-order valence-corrected chi connectivity index (χ0v) is 13.0. The van der Waals surface area contributed by atoms with E-state index in [2.05, 4.69) is 34.1 Å². The highest BCUT2D eigenvalue weighted by Crippen LogP contribution is 2.40. The van der Waals surface area contributed by atoms with Gasteiger partial charge in [-0.1, -0.05) is 13.0 Å². The minimum Gasteiger partial charge on any atom is -0.329 e. The minimum atomic E-state index is -0.0441. The van der Waals surface area contributed by atoms with Crippen LogP contribution in [0.25, 0.3) is 0 Å². The monoisotopic (exact) mass is 298 g/mol. The molecule has 1 saturated carbocycles. The van der Waals surface area contributed by atoms with Crippen molar-refractivity contribution in [2.24, 2.45) is 0 Å². The molecule has 2 aromatic heterocycles. The summed E-state index contributed by atoms with van der Waals surface area (Å²) in [6.45, 7) is 4.41. The first kappa shape index (κ1) is 14.9. The fraction of sp³-hybridized carbons (Fsp3) is 0.471. The maximum atomic E-state index is 11.2. The van der Waals surface area contributed by atoms with Gasteiger partial charge in [0.05, 0.1) is 5.69 Å². The van der Waals surface area contributed by atoms with Crippen molar-refractivity contribution in [3.05, 3.63) is 58.5 Å². The molecule has 2 N–H and O–H groups in total. The second-order valence-electron chi connectivity index (χ2n) is 6.46. The second-order valence-corrected chi connectivity index (χ2v) is 6.46. The average molecular weight is 298 g/mol. The van der Waals surface area contributed by atoms with Crippen LogP contribution in [0.4, 0.5) is 0 Å². The maximum absolute atomic E-state index is 11.2. The van der Waals surface area contributed by atoms with Crippen LogP contribution in [-0.4, -0.2) is 21.0 Å². The smallest absolute Gasteiger partial charge is 0.247 e. The summed E-state index contributed by atoms with van der Waals surface area (Å²) in [5, 5.41) is 3.67. The fourth-order valence-electron chi connectivity index (χ4n) is 3.43. The van der Waals surface area contributed by atoms with Gasteiger partial charge in [-0.15, -0.1) is 0 Å². The van der Waals surface area contributed by atoms with Crippen LogP contribution >= 0.6 is 0 Å². The number of aromatic amines is 1. The van der Waals surface area contributed by atoms with Crippen molar-refractivity contribution in [1.82, 2.24) is 20.3 Å². The summed E-state index contributed by atoms with van der Waals surface area (Å²) in [6.07, 6.45) is 8.54. The van der Waals surface area contributed by atoms with Crippen LogP contribution in [0.1, 0.15) is 50.4 Å². The molecule has 5 heteroatoms. The lowest BCUT2D eigenvalue weighted by Gasteiger charge is -2.25. The molecule has 3 atom stereocenters. The first-order valence-corrected chi connectivity index (χ1v) is 7.78. The largest absolute Gasteiger partial charge is 0.329 e. The quantitative estimate of drug-likeness (QED) is 0.909. The molecule has 0 aliphatic heterocycles. The predicted octanol–water partition coefficient (Wildman–Crippen LogP) is 2.33. The van der Waals surface area contributed by atoms with Gasteiger partial charge in [0.2, 0.25) is 5.56 Å². The Morgan fingerprint density at radius 2 is 2.27 bits per heavy atom. The molecule has 3 unspecified atom stereocenters. The van der Waals surface area contributed by atoms with E-state index >= 15 is 0 Å². The predicted molar refractivity (Wildman–Crippen MR) is 85.6 cm³/mol. The molecule has 0 aromatic carbocycles. The number of aromatic nitrogens is 3. The standard InChI is InChI=1S/C17H22N4O/c1-12(15-6-8-18-11-20-15)21-14-5-7-17(2,9-14)13-3-4-16(22)19-10-13/h3-4,6,8,10-12,14,21H,5,7,9H2,1-2H3,(H,19,22). The zero-order valence-electron chi connectivity index (χ0n) is 13.0. The Morgan fingerprint density at radius 1 is 1.41 bits per heavy atom. The molecule has 0 saturated heterocycles. The van der Waals surface area contributed by atoms with E-state index in [1.807, 2.05) is 18.3 Å². The van der Waals surface area contributed by atoms with Crippen molar-refractivity contribution in [2.45, 2.75) is 50.6 Å². The average Bonchev–Trinajstić information content (AvgIpc) is 2.91. The molecule has 2 aromatic rings. The third-order valence-electron chi connectivity index (χ3n) is 4.76. The lowest BCUT2D eigenvalue weighted by Crippen LogP contribution is -2.31. The van der Waals surface area contributed by atoms with Gasteiger partial charge in [0, 0.05) is 30.5 Å². The molecule has 0 radical (unpaired) electrons. The Labute approximate surface area is 130 Å². The highest BCUT2D eigenvalue weighted by Gasteiger charge is 2.37. The van der Waals surface area contributed by atoms with Crippen molar-refractivity contribution >= 4 is 0 Å². The van der Waals surface area contributed by atoms with Crippen molar-refractivity contribution < 1.29 is 0 Å². The Balaban J connectivity index is 1.67. The highest BCUT2D eigenvalue weighted by molar-refractivity contribution is 5.23. The number of hydrogen-bond donors (Lipinski definition) is 2. The van der Waals surface area contributed by atoms with E-state index in [0.717, 1.165) is 25.0 Å². The van der Waals surface area contributed by atoms with Gasteiger partial charge in [-0.05, 0) is 43.2 Å². The lowest BCUT2D eigenvalue weighted by atomic mass is 9.82. The number of nitrogens with one attached hydrogen (secondary N) is 2. The Bertz CT molecular complexity index is 664. The normalized spacial score (nSPS) is 26.0. The van der Waals surface area contributed by atoms with Crippen LogP contribution in [0, 0.1) is 0 Å². The van der Waals surface area contributed by atoms with Crippen LogP contribution in [-0.2, 0) is 5.41 Å². The summed E-state index contributed by atoms with van der Waals surface area (Å²) >= 11 is 0. The Morgan fingerprint density at radius 3 is 2.95 bits per heavy atom. The Hall–Kier alpha value is -2.01. The number of rotatable bonds is 4. The Kier molecular flexibility index (Phi) is 4.07. The van der Waals surface area contributed by atoms with Crippen molar-refractivity contribution in [3.8, 4) is 0 Å². The van der Waals surface area contributed by atoms with Gasteiger partial charge in [-0.2, -0.15) is 0 Å². The molecule has 1 fully saturated rings. The molecule has 0 spiro atoms. The van der Waals surface area contributed by atoms with E-state index in [1.165, 1.54) is 5.56 Å². The van der Waals surface area contributed by atoms with Crippen LogP contribution in [0.3, 0.4) is 0 Å². The molecule has 22 heavy (non-hydrogen) atoms. The van der Waals surface area contributed by atoms with Gasteiger partial charge in [0.15, 0.2) is 0 Å². The van der Waals surface area contributed by atoms with Gasteiger partial charge >= 0.3 is 0 Å². The van der Waals surface area contributed by atoms with Crippen molar-refractivity contribution in [3.63, 3.8) is 0 Å². The molecule has 1 aliphatic carbocycles. The topological polar surface area (TPSA) is 70.7 Å². The third kappa shape index (κ3) is 3.09. The second kappa shape index (κ2) is 6.01. The van der Waals surface area contributed by atoms with Crippen molar-refractivity contribution in [2.75, 3.05) is 0 Å².